The first-order valence-electron chi connectivity index (χ1n) is 6.09. The fourth-order valence-corrected chi connectivity index (χ4v) is 2.95. The summed E-state index contributed by atoms with van der Waals surface area (Å²) < 4.78 is 55.1. The standard InChI is InChI=1S/C14H9ClF2N2O3S/c15-12-7-10(3-6-13(12)22-14(16)17)19-23(20,21)11-4-1-9(8-18)2-5-11/h1-7,14,19H. The number of anilines is 1. The summed E-state index contributed by atoms with van der Waals surface area (Å²) in [5, 5.41) is 8.53. The van der Waals surface area contributed by atoms with E-state index in [0.29, 0.717) is 5.56 Å². The molecule has 0 aromatic heterocycles. The van der Waals surface area contributed by atoms with Gasteiger partial charge in [-0.25, -0.2) is 8.42 Å². The van der Waals surface area contributed by atoms with Gasteiger partial charge in [0.05, 0.1) is 27.2 Å². The SMILES string of the molecule is N#Cc1ccc(S(=O)(=O)Nc2ccc(OC(F)F)c(Cl)c2)cc1. The van der Waals surface area contributed by atoms with Crippen molar-refractivity contribution in [1.82, 2.24) is 0 Å². The van der Waals surface area contributed by atoms with Gasteiger partial charge < -0.3 is 4.74 Å². The number of nitrogens with one attached hydrogen (secondary N) is 1. The zero-order chi connectivity index (χ0) is 17.0. The van der Waals surface area contributed by atoms with Gasteiger partial charge in [-0.05, 0) is 42.5 Å². The molecule has 0 saturated heterocycles. The second-order valence-corrected chi connectivity index (χ2v) is 6.35. The summed E-state index contributed by atoms with van der Waals surface area (Å²) in [6.45, 7) is -3.03. The largest absolute Gasteiger partial charge is 0.433 e. The van der Waals surface area contributed by atoms with Crippen molar-refractivity contribution in [2.75, 3.05) is 4.72 Å². The molecule has 5 nitrogen and oxygen atoms in total. The molecule has 2 aromatic carbocycles. The maximum Gasteiger partial charge on any atom is 0.387 e. The Morgan fingerprint density at radius 2 is 1.83 bits per heavy atom. The van der Waals surface area contributed by atoms with Crippen molar-refractivity contribution < 1.29 is 21.9 Å². The van der Waals surface area contributed by atoms with Crippen molar-refractivity contribution in [3.05, 3.63) is 53.1 Å². The number of benzene rings is 2. The van der Waals surface area contributed by atoms with Crippen LogP contribution in [0.3, 0.4) is 0 Å². The number of alkyl halides is 2. The predicted octanol–water partition coefficient (Wildman–Crippen LogP) is 3.61. The van der Waals surface area contributed by atoms with Gasteiger partial charge in [0.1, 0.15) is 5.75 Å². The summed E-state index contributed by atoms with van der Waals surface area (Å²) in [6.07, 6.45) is 0. The van der Waals surface area contributed by atoms with E-state index < -0.39 is 16.6 Å². The van der Waals surface area contributed by atoms with E-state index in [0.717, 1.165) is 12.1 Å². The third-order valence-corrected chi connectivity index (χ3v) is 4.39. The highest BCUT2D eigenvalue weighted by atomic mass is 35.5. The van der Waals surface area contributed by atoms with E-state index in [1.54, 1.807) is 0 Å². The third-order valence-electron chi connectivity index (χ3n) is 2.69. The molecule has 1 N–H and O–H groups in total. The number of ether oxygens (including phenoxy) is 1. The van der Waals surface area contributed by atoms with Crippen molar-refractivity contribution in [3.8, 4) is 11.8 Å². The van der Waals surface area contributed by atoms with Crippen LogP contribution in [-0.4, -0.2) is 15.0 Å². The van der Waals surface area contributed by atoms with E-state index in [-0.39, 0.29) is 21.4 Å². The lowest BCUT2D eigenvalue weighted by atomic mass is 10.2. The Kier molecular flexibility index (Phi) is 5.03. The Bertz CT molecular complexity index is 849. The summed E-state index contributed by atoms with van der Waals surface area (Å²) in [6, 6.07) is 10.7. The average molecular weight is 359 g/mol. The highest BCUT2D eigenvalue weighted by molar-refractivity contribution is 7.92. The lowest BCUT2D eigenvalue weighted by molar-refractivity contribution is -0.0497. The van der Waals surface area contributed by atoms with Crippen molar-refractivity contribution in [1.29, 1.82) is 5.26 Å². The fraction of sp³-hybridized carbons (Fsp3) is 0.0714. The van der Waals surface area contributed by atoms with Gasteiger partial charge in [0.25, 0.3) is 10.0 Å². The van der Waals surface area contributed by atoms with Gasteiger partial charge in [-0.2, -0.15) is 14.0 Å². The van der Waals surface area contributed by atoms with Crippen LogP contribution in [0.1, 0.15) is 5.56 Å². The number of halogens is 3. The van der Waals surface area contributed by atoms with Crippen LogP contribution in [-0.2, 0) is 10.0 Å². The minimum absolute atomic E-state index is 0.0551. The van der Waals surface area contributed by atoms with E-state index in [1.807, 2.05) is 6.07 Å². The Morgan fingerprint density at radius 1 is 1.17 bits per heavy atom. The maximum atomic E-state index is 12.2. The highest BCUT2D eigenvalue weighted by Crippen LogP contribution is 2.29. The summed E-state index contributed by atoms with van der Waals surface area (Å²) in [5.74, 6) is -0.261. The van der Waals surface area contributed by atoms with E-state index >= 15 is 0 Å². The Labute approximate surface area is 136 Å². The van der Waals surface area contributed by atoms with E-state index in [1.165, 1.54) is 30.3 Å². The fourth-order valence-electron chi connectivity index (χ4n) is 1.68. The molecule has 0 aliphatic rings. The molecule has 0 saturated carbocycles. The molecule has 0 amide bonds. The molecule has 0 heterocycles. The molecule has 0 fully saturated rings. The van der Waals surface area contributed by atoms with Crippen LogP contribution in [0.25, 0.3) is 0 Å². The topological polar surface area (TPSA) is 79.2 Å². The lowest BCUT2D eigenvalue weighted by Gasteiger charge is -2.11. The van der Waals surface area contributed by atoms with Crippen LogP contribution in [0.5, 0.6) is 5.75 Å². The quantitative estimate of drug-likeness (QED) is 0.885. The van der Waals surface area contributed by atoms with Crippen molar-refractivity contribution in [3.63, 3.8) is 0 Å². The number of hydrogen-bond acceptors (Lipinski definition) is 4. The van der Waals surface area contributed by atoms with Crippen molar-refractivity contribution >= 4 is 27.3 Å². The second kappa shape index (κ2) is 6.81. The summed E-state index contributed by atoms with van der Waals surface area (Å²) in [5.41, 5.74) is 0.404. The van der Waals surface area contributed by atoms with Crippen LogP contribution in [0.15, 0.2) is 47.4 Å². The monoisotopic (exact) mass is 358 g/mol. The number of hydrogen-bond donors (Lipinski definition) is 1. The molecule has 0 atom stereocenters. The number of rotatable bonds is 5. The van der Waals surface area contributed by atoms with E-state index in [9.17, 15) is 17.2 Å². The first kappa shape index (κ1) is 17.0. The molecule has 0 unspecified atom stereocenters. The molecule has 0 aliphatic carbocycles. The highest BCUT2D eigenvalue weighted by Gasteiger charge is 2.16. The average Bonchev–Trinajstić information content (AvgIpc) is 2.49. The van der Waals surface area contributed by atoms with Gasteiger partial charge in [-0.1, -0.05) is 11.6 Å². The summed E-state index contributed by atoms with van der Waals surface area (Å²) in [7, 11) is -3.90. The zero-order valence-electron chi connectivity index (χ0n) is 11.3. The van der Waals surface area contributed by atoms with Gasteiger partial charge in [-0.15, -0.1) is 0 Å². The number of nitrogens with zero attached hydrogens (tertiary/aromatic N) is 1. The van der Waals surface area contributed by atoms with Gasteiger partial charge in [0, 0.05) is 0 Å². The van der Waals surface area contributed by atoms with Crippen molar-refractivity contribution in [2.24, 2.45) is 0 Å². The first-order valence-corrected chi connectivity index (χ1v) is 7.95. The van der Waals surface area contributed by atoms with Crippen molar-refractivity contribution in [2.45, 2.75) is 11.5 Å². The zero-order valence-corrected chi connectivity index (χ0v) is 12.9. The minimum atomic E-state index is -3.90. The molecular formula is C14H9ClF2N2O3S. The van der Waals surface area contributed by atoms with Crippen LogP contribution < -0.4 is 9.46 Å². The molecule has 0 bridgehead atoms. The molecule has 9 heteroatoms. The maximum absolute atomic E-state index is 12.2. The van der Waals surface area contributed by atoms with Crippen LogP contribution in [0.4, 0.5) is 14.5 Å². The van der Waals surface area contributed by atoms with E-state index in [4.69, 9.17) is 16.9 Å². The summed E-state index contributed by atoms with van der Waals surface area (Å²) in [4.78, 5) is -0.0551. The molecule has 23 heavy (non-hydrogen) atoms. The van der Waals surface area contributed by atoms with E-state index in [2.05, 4.69) is 9.46 Å². The Balaban J connectivity index is 2.23. The lowest BCUT2D eigenvalue weighted by Crippen LogP contribution is -2.13. The third kappa shape index (κ3) is 4.31. The van der Waals surface area contributed by atoms with Gasteiger partial charge in [-0.3, -0.25) is 4.72 Å². The predicted molar refractivity (Wildman–Crippen MR) is 80.0 cm³/mol. The molecule has 0 aliphatic heterocycles. The Morgan fingerprint density at radius 3 is 2.35 bits per heavy atom. The molecule has 0 radical (unpaired) electrons. The van der Waals surface area contributed by atoms with Gasteiger partial charge >= 0.3 is 6.61 Å². The normalized spacial score (nSPS) is 11.1. The number of sulfonamides is 1. The molecular weight excluding hydrogens is 350 g/mol. The first-order chi connectivity index (χ1) is 10.8. The molecule has 120 valence electrons. The van der Waals surface area contributed by atoms with Gasteiger partial charge in [0.2, 0.25) is 0 Å². The molecule has 2 aromatic rings. The number of nitriles is 1. The van der Waals surface area contributed by atoms with Crippen LogP contribution >= 0.6 is 11.6 Å². The Hall–Kier alpha value is -2.37. The summed E-state index contributed by atoms with van der Waals surface area (Å²) >= 11 is 5.76. The molecule has 0 spiro atoms. The molecule has 2 rings (SSSR count). The second-order valence-electron chi connectivity index (χ2n) is 4.27. The van der Waals surface area contributed by atoms with Gasteiger partial charge in [0.15, 0.2) is 0 Å². The smallest absolute Gasteiger partial charge is 0.387 e. The van der Waals surface area contributed by atoms with Crippen LogP contribution in [0, 0.1) is 11.3 Å². The van der Waals surface area contributed by atoms with Crippen LogP contribution in [0.2, 0.25) is 5.02 Å². The minimum Gasteiger partial charge on any atom is -0.433 e.